The van der Waals surface area contributed by atoms with E-state index < -0.39 is 0 Å². The predicted molar refractivity (Wildman–Crippen MR) is 83.7 cm³/mol. The number of hydrogen-bond donors (Lipinski definition) is 2. The van der Waals surface area contributed by atoms with Gasteiger partial charge in [-0.15, -0.1) is 0 Å². The summed E-state index contributed by atoms with van der Waals surface area (Å²) >= 11 is 1.90. The summed E-state index contributed by atoms with van der Waals surface area (Å²) in [5.74, 6) is 1.97. The van der Waals surface area contributed by atoms with E-state index >= 15 is 0 Å². The molecule has 0 aromatic heterocycles. The van der Waals surface area contributed by atoms with E-state index in [0.29, 0.717) is 6.04 Å². The van der Waals surface area contributed by atoms with Crippen molar-refractivity contribution in [1.82, 2.24) is 5.32 Å². The Kier molecular flexibility index (Phi) is 4.93. The number of hydrogen-bond acceptors (Lipinski definition) is 3. The largest absolute Gasteiger partial charge is 0.394 e. The maximum Gasteiger partial charge on any atom is 0.0618 e. The first kappa shape index (κ1) is 14.9. The highest BCUT2D eigenvalue weighted by molar-refractivity contribution is 7.98. The molecular weight excluding hydrogens is 254 g/mol. The summed E-state index contributed by atoms with van der Waals surface area (Å²) < 4.78 is 0. The van der Waals surface area contributed by atoms with E-state index in [0.717, 1.165) is 11.5 Å². The van der Waals surface area contributed by atoms with E-state index in [1.54, 1.807) is 0 Å². The average Bonchev–Trinajstić information content (AvgIpc) is 3.11. The van der Waals surface area contributed by atoms with Gasteiger partial charge in [-0.2, -0.15) is 11.8 Å². The first-order chi connectivity index (χ1) is 9.00. The molecule has 1 aliphatic carbocycles. The van der Waals surface area contributed by atoms with Crippen molar-refractivity contribution in [3.8, 4) is 0 Å². The van der Waals surface area contributed by atoms with Crippen LogP contribution < -0.4 is 5.32 Å². The van der Waals surface area contributed by atoms with Crippen LogP contribution in [0.5, 0.6) is 0 Å². The van der Waals surface area contributed by atoms with Gasteiger partial charge in [-0.1, -0.05) is 29.3 Å². The van der Waals surface area contributed by atoms with Crippen molar-refractivity contribution in [1.29, 1.82) is 0 Å². The van der Waals surface area contributed by atoms with Crippen LogP contribution in [0.1, 0.15) is 36.5 Å². The molecule has 1 saturated carbocycles. The summed E-state index contributed by atoms with van der Waals surface area (Å²) in [7, 11) is 0. The third-order valence-corrected chi connectivity index (χ3v) is 4.83. The lowest BCUT2D eigenvalue weighted by Gasteiger charge is -2.28. The van der Waals surface area contributed by atoms with Crippen molar-refractivity contribution >= 4 is 11.8 Å². The molecule has 0 bridgehead atoms. The van der Waals surface area contributed by atoms with Crippen LogP contribution in [0, 0.1) is 13.8 Å². The maximum atomic E-state index is 9.57. The molecule has 0 radical (unpaired) electrons. The average molecular weight is 279 g/mol. The molecule has 1 atom stereocenters. The lowest BCUT2D eigenvalue weighted by atomic mass is 10.1. The molecule has 0 saturated heterocycles. The van der Waals surface area contributed by atoms with Gasteiger partial charge in [0.15, 0.2) is 0 Å². The Hall–Kier alpha value is -0.510. The quantitative estimate of drug-likeness (QED) is 0.804. The van der Waals surface area contributed by atoms with Crippen molar-refractivity contribution in [3.63, 3.8) is 0 Å². The van der Waals surface area contributed by atoms with Crippen LogP contribution in [0.4, 0.5) is 0 Å². The molecular formula is C16H25NOS. The van der Waals surface area contributed by atoms with Crippen LogP contribution >= 0.6 is 11.8 Å². The normalized spacial score (nSPS) is 18.3. The molecule has 19 heavy (non-hydrogen) atoms. The fourth-order valence-corrected chi connectivity index (χ4v) is 3.53. The Labute approximate surface area is 121 Å². The number of benzene rings is 1. The fraction of sp³-hybridized carbons (Fsp3) is 0.625. The first-order valence-corrected chi connectivity index (χ1v) is 8.20. The smallest absolute Gasteiger partial charge is 0.0618 e. The van der Waals surface area contributed by atoms with Gasteiger partial charge in [0.2, 0.25) is 0 Å². The van der Waals surface area contributed by atoms with Crippen molar-refractivity contribution in [2.75, 3.05) is 12.4 Å². The molecule has 0 aliphatic heterocycles. The topological polar surface area (TPSA) is 32.3 Å². The van der Waals surface area contributed by atoms with Crippen molar-refractivity contribution in [3.05, 3.63) is 34.9 Å². The molecule has 3 heteroatoms. The van der Waals surface area contributed by atoms with E-state index in [2.05, 4.69) is 44.3 Å². The molecule has 0 amide bonds. The fourth-order valence-electron chi connectivity index (χ4n) is 2.40. The first-order valence-electron chi connectivity index (χ1n) is 7.04. The highest BCUT2D eigenvalue weighted by atomic mass is 32.2. The zero-order valence-electron chi connectivity index (χ0n) is 12.2. The number of aliphatic hydroxyl groups excluding tert-OH is 1. The van der Waals surface area contributed by atoms with Crippen LogP contribution in [-0.2, 0) is 5.75 Å². The summed E-state index contributed by atoms with van der Waals surface area (Å²) in [5, 5.41) is 13.1. The standard InChI is InChI=1S/C16H25NOS/c1-12-6-13(2)8-14(7-12)9-19-11-16(3,10-18)17-15-4-5-15/h6-8,15,17-18H,4-5,9-11H2,1-3H3. The summed E-state index contributed by atoms with van der Waals surface area (Å²) in [4.78, 5) is 0. The molecule has 1 aromatic carbocycles. The van der Waals surface area contributed by atoms with Crippen LogP contribution in [0.25, 0.3) is 0 Å². The molecule has 2 N–H and O–H groups in total. The minimum Gasteiger partial charge on any atom is -0.394 e. The number of rotatable bonds is 7. The van der Waals surface area contributed by atoms with E-state index in [-0.39, 0.29) is 12.1 Å². The van der Waals surface area contributed by atoms with Gasteiger partial charge in [0.1, 0.15) is 0 Å². The monoisotopic (exact) mass is 279 g/mol. The zero-order chi connectivity index (χ0) is 13.9. The molecule has 1 unspecified atom stereocenters. The molecule has 0 heterocycles. The zero-order valence-corrected chi connectivity index (χ0v) is 13.0. The van der Waals surface area contributed by atoms with Crippen molar-refractivity contribution in [2.24, 2.45) is 0 Å². The molecule has 1 fully saturated rings. The van der Waals surface area contributed by atoms with E-state index in [4.69, 9.17) is 0 Å². The van der Waals surface area contributed by atoms with Gasteiger partial charge in [-0.05, 0) is 39.2 Å². The predicted octanol–water partition coefficient (Wildman–Crippen LogP) is 3.04. The van der Waals surface area contributed by atoms with Gasteiger partial charge in [0.25, 0.3) is 0 Å². The molecule has 1 aromatic rings. The van der Waals surface area contributed by atoms with Crippen LogP contribution in [0.3, 0.4) is 0 Å². The summed E-state index contributed by atoms with van der Waals surface area (Å²) in [6.07, 6.45) is 2.52. The third kappa shape index (κ3) is 4.83. The van der Waals surface area contributed by atoms with Crippen LogP contribution in [0.15, 0.2) is 18.2 Å². The van der Waals surface area contributed by atoms with Gasteiger partial charge < -0.3 is 10.4 Å². The molecule has 1 aliphatic rings. The molecule has 0 spiro atoms. The summed E-state index contributed by atoms with van der Waals surface area (Å²) in [6.45, 7) is 6.63. The van der Waals surface area contributed by atoms with Crippen LogP contribution in [0.2, 0.25) is 0 Å². The second kappa shape index (κ2) is 6.29. The lowest BCUT2D eigenvalue weighted by molar-refractivity contribution is 0.190. The van der Waals surface area contributed by atoms with E-state index in [1.165, 1.54) is 29.5 Å². The molecule has 106 valence electrons. The Morgan fingerprint density at radius 2 is 1.89 bits per heavy atom. The number of thioether (sulfide) groups is 1. The van der Waals surface area contributed by atoms with Gasteiger partial charge >= 0.3 is 0 Å². The van der Waals surface area contributed by atoms with Gasteiger partial charge in [-0.3, -0.25) is 0 Å². The number of aliphatic hydroxyl groups is 1. The number of nitrogens with one attached hydrogen (secondary N) is 1. The second-order valence-electron chi connectivity index (χ2n) is 6.13. The summed E-state index contributed by atoms with van der Waals surface area (Å²) in [5.41, 5.74) is 3.91. The highest BCUT2D eigenvalue weighted by Gasteiger charge is 2.31. The van der Waals surface area contributed by atoms with Crippen molar-refractivity contribution in [2.45, 2.75) is 50.9 Å². The lowest BCUT2D eigenvalue weighted by Crippen LogP contribution is -2.49. The van der Waals surface area contributed by atoms with Gasteiger partial charge in [0, 0.05) is 23.1 Å². The molecule has 2 nitrogen and oxygen atoms in total. The van der Waals surface area contributed by atoms with Gasteiger partial charge in [-0.25, -0.2) is 0 Å². The Bertz CT molecular complexity index is 411. The van der Waals surface area contributed by atoms with Crippen LogP contribution in [-0.4, -0.2) is 29.0 Å². The van der Waals surface area contributed by atoms with E-state index in [9.17, 15) is 5.11 Å². The highest BCUT2D eigenvalue weighted by Crippen LogP contribution is 2.25. The minimum atomic E-state index is -0.134. The SMILES string of the molecule is Cc1cc(C)cc(CSCC(C)(CO)NC2CC2)c1. The number of aryl methyl sites for hydroxylation is 2. The third-order valence-electron chi connectivity index (χ3n) is 3.45. The van der Waals surface area contributed by atoms with E-state index in [1.807, 2.05) is 11.8 Å². The summed E-state index contributed by atoms with van der Waals surface area (Å²) in [6, 6.07) is 7.36. The Morgan fingerprint density at radius 1 is 1.26 bits per heavy atom. The molecule has 2 rings (SSSR count). The Balaban J connectivity index is 1.83. The second-order valence-corrected chi connectivity index (χ2v) is 7.11. The minimum absolute atomic E-state index is 0.134. The maximum absolute atomic E-state index is 9.57. The Morgan fingerprint density at radius 3 is 2.42 bits per heavy atom. The van der Waals surface area contributed by atoms with Gasteiger partial charge in [0.05, 0.1) is 6.61 Å². The van der Waals surface area contributed by atoms with Crippen molar-refractivity contribution < 1.29 is 5.11 Å².